The van der Waals surface area contributed by atoms with Crippen LogP contribution in [-0.2, 0) is 11.2 Å². The first-order chi connectivity index (χ1) is 19.4. The van der Waals surface area contributed by atoms with E-state index in [1.165, 1.54) is 16.5 Å². The molecule has 2 atom stereocenters. The van der Waals surface area contributed by atoms with E-state index in [4.69, 9.17) is 15.8 Å². The van der Waals surface area contributed by atoms with Gasteiger partial charge in [0.05, 0.1) is 11.7 Å². The van der Waals surface area contributed by atoms with Crippen molar-refractivity contribution >= 4 is 34.5 Å². The molecular formula is C30H31FN6O2S. The third-order valence-electron chi connectivity index (χ3n) is 8.58. The molecule has 0 bridgehead atoms. The number of amides is 2. The number of carbonyl (C=O) groups excluding carboxylic acids is 2. The number of benzene rings is 1. The minimum atomic E-state index is -0.364. The summed E-state index contributed by atoms with van der Waals surface area (Å²) in [6.07, 6.45) is 4.15. The number of primary amides is 1. The van der Waals surface area contributed by atoms with Crippen molar-refractivity contribution < 1.29 is 14.0 Å². The van der Waals surface area contributed by atoms with E-state index in [-0.39, 0.29) is 29.6 Å². The van der Waals surface area contributed by atoms with Crippen molar-refractivity contribution in [2.24, 2.45) is 11.7 Å². The van der Waals surface area contributed by atoms with Crippen LogP contribution in [0.25, 0.3) is 16.9 Å². The highest BCUT2D eigenvalue weighted by Gasteiger charge is 2.33. The van der Waals surface area contributed by atoms with E-state index >= 15 is 4.39 Å². The van der Waals surface area contributed by atoms with Gasteiger partial charge in [-0.3, -0.25) is 9.59 Å². The Hall–Kier alpha value is -3.79. The number of rotatable bonds is 6. The number of nitrogens with zero attached hydrogens (tertiary/aromatic N) is 5. The number of hydrogen-bond donors (Lipinski definition) is 1. The molecule has 1 aromatic carbocycles. The second kappa shape index (κ2) is 9.69. The molecule has 0 spiro atoms. The lowest BCUT2D eigenvalue weighted by molar-refractivity contribution is -0.118. The van der Waals surface area contributed by atoms with Gasteiger partial charge in [0, 0.05) is 59.9 Å². The molecule has 10 heteroatoms. The Bertz CT molecular complexity index is 1640. The SMILES string of the molecule is C[C@@H]1c2ccsc2CCN1C(=O)c1cc(C2CC2)n2nc(-c3ccc(N4CC[C@H](CC(N)=O)C4)cc3F)cc2n1. The Balaban J connectivity index is 1.19. The molecule has 206 valence electrons. The summed E-state index contributed by atoms with van der Waals surface area (Å²) in [7, 11) is 0. The fourth-order valence-corrected chi connectivity index (χ4v) is 7.23. The summed E-state index contributed by atoms with van der Waals surface area (Å²) < 4.78 is 17.2. The highest BCUT2D eigenvalue weighted by molar-refractivity contribution is 7.10. The molecule has 2 amide bonds. The van der Waals surface area contributed by atoms with Crippen LogP contribution < -0.4 is 10.6 Å². The van der Waals surface area contributed by atoms with Crippen LogP contribution in [0.3, 0.4) is 0 Å². The summed E-state index contributed by atoms with van der Waals surface area (Å²) >= 11 is 1.75. The second-order valence-corrected chi connectivity index (χ2v) is 12.3. The highest BCUT2D eigenvalue weighted by atomic mass is 32.1. The summed E-state index contributed by atoms with van der Waals surface area (Å²) in [6.45, 7) is 4.19. The maximum Gasteiger partial charge on any atom is 0.273 e. The predicted octanol–water partition coefficient (Wildman–Crippen LogP) is 4.94. The molecule has 1 saturated heterocycles. The van der Waals surface area contributed by atoms with Gasteiger partial charge in [0.1, 0.15) is 11.5 Å². The zero-order valence-corrected chi connectivity index (χ0v) is 23.2. The molecule has 7 rings (SSSR count). The molecule has 2 N–H and O–H groups in total. The molecule has 8 nitrogen and oxygen atoms in total. The highest BCUT2D eigenvalue weighted by Crippen LogP contribution is 2.41. The average Bonchev–Trinajstić information content (AvgIpc) is 3.29. The number of anilines is 1. The van der Waals surface area contributed by atoms with Crippen LogP contribution in [-0.4, -0.2) is 50.9 Å². The van der Waals surface area contributed by atoms with E-state index in [9.17, 15) is 9.59 Å². The summed E-state index contributed by atoms with van der Waals surface area (Å²) in [5, 5.41) is 6.85. The molecule has 0 unspecified atom stereocenters. The largest absolute Gasteiger partial charge is 0.371 e. The number of thiophene rings is 1. The van der Waals surface area contributed by atoms with Gasteiger partial charge in [0.25, 0.3) is 5.91 Å². The normalized spacial score (nSPS) is 20.8. The van der Waals surface area contributed by atoms with Crippen LogP contribution in [0.15, 0.2) is 41.8 Å². The lowest BCUT2D eigenvalue weighted by Crippen LogP contribution is -2.38. The topological polar surface area (TPSA) is 96.8 Å². The van der Waals surface area contributed by atoms with E-state index in [0.29, 0.717) is 48.0 Å². The Morgan fingerprint density at radius 3 is 2.75 bits per heavy atom. The number of nitrogens with two attached hydrogens (primary N) is 1. The molecule has 4 aromatic rings. The van der Waals surface area contributed by atoms with Gasteiger partial charge >= 0.3 is 0 Å². The predicted molar refractivity (Wildman–Crippen MR) is 152 cm³/mol. The van der Waals surface area contributed by atoms with Crippen molar-refractivity contribution in [1.82, 2.24) is 19.5 Å². The fourth-order valence-electron chi connectivity index (χ4n) is 6.27. The number of fused-ring (bicyclic) bond motifs is 2. The van der Waals surface area contributed by atoms with Crippen LogP contribution in [0.2, 0.25) is 0 Å². The Morgan fingerprint density at radius 2 is 1.98 bits per heavy atom. The van der Waals surface area contributed by atoms with Gasteiger partial charge in [-0.05, 0) is 79.8 Å². The zero-order chi connectivity index (χ0) is 27.5. The maximum absolute atomic E-state index is 15.5. The Morgan fingerprint density at radius 1 is 1.12 bits per heavy atom. The summed E-state index contributed by atoms with van der Waals surface area (Å²) in [6, 6.07) is 11.0. The number of aromatic nitrogens is 3. The van der Waals surface area contributed by atoms with Gasteiger partial charge in [-0.15, -0.1) is 11.3 Å². The molecule has 40 heavy (non-hydrogen) atoms. The quantitative estimate of drug-likeness (QED) is 0.362. The molecule has 1 saturated carbocycles. The smallest absolute Gasteiger partial charge is 0.273 e. The van der Waals surface area contributed by atoms with Crippen LogP contribution in [0.1, 0.15) is 71.2 Å². The molecule has 2 aliphatic heterocycles. The monoisotopic (exact) mass is 558 g/mol. The van der Waals surface area contributed by atoms with Crippen LogP contribution >= 0.6 is 11.3 Å². The zero-order valence-electron chi connectivity index (χ0n) is 22.3. The van der Waals surface area contributed by atoms with E-state index < -0.39 is 0 Å². The Labute approximate surface area is 235 Å². The molecule has 2 fully saturated rings. The van der Waals surface area contributed by atoms with E-state index in [1.807, 2.05) is 17.0 Å². The first-order valence-electron chi connectivity index (χ1n) is 14.0. The van der Waals surface area contributed by atoms with Crippen molar-refractivity contribution in [3.05, 3.63) is 69.4 Å². The molecule has 1 aliphatic carbocycles. The summed E-state index contributed by atoms with van der Waals surface area (Å²) in [5.41, 5.74) is 10.2. The Kier molecular flexibility index (Phi) is 6.10. The number of halogens is 1. The first kappa shape index (κ1) is 25.2. The van der Waals surface area contributed by atoms with Crippen molar-refractivity contribution in [2.75, 3.05) is 24.5 Å². The second-order valence-electron chi connectivity index (χ2n) is 11.3. The molecule has 3 aromatic heterocycles. The summed E-state index contributed by atoms with van der Waals surface area (Å²) in [5.74, 6) is -0.221. The van der Waals surface area contributed by atoms with Gasteiger partial charge in [0.2, 0.25) is 5.91 Å². The third-order valence-corrected chi connectivity index (χ3v) is 9.57. The van der Waals surface area contributed by atoms with Crippen molar-refractivity contribution in [3.8, 4) is 11.3 Å². The molecule has 3 aliphatic rings. The van der Waals surface area contributed by atoms with Crippen LogP contribution in [0.4, 0.5) is 10.1 Å². The lowest BCUT2D eigenvalue weighted by Gasteiger charge is -2.33. The minimum absolute atomic E-state index is 0.000311. The minimum Gasteiger partial charge on any atom is -0.371 e. The van der Waals surface area contributed by atoms with Crippen LogP contribution in [0.5, 0.6) is 0 Å². The third kappa shape index (κ3) is 4.44. The average molecular weight is 559 g/mol. The van der Waals surface area contributed by atoms with E-state index in [0.717, 1.165) is 43.6 Å². The van der Waals surface area contributed by atoms with Gasteiger partial charge in [-0.25, -0.2) is 13.9 Å². The summed E-state index contributed by atoms with van der Waals surface area (Å²) in [4.78, 5) is 35.1. The van der Waals surface area contributed by atoms with Gasteiger partial charge in [-0.2, -0.15) is 5.10 Å². The maximum atomic E-state index is 15.5. The first-order valence-corrected chi connectivity index (χ1v) is 14.8. The van der Waals surface area contributed by atoms with Crippen molar-refractivity contribution in [2.45, 2.75) is 51.0 Å². The van der Waals surface area contributed by atoms with E-state index in [1.54, 1.807) is 28.0 Å². The van der Waals surface area contributed by atoms with Gasteiger partial charge < -0.3 is 15.5 Å². The van der Waals surface area contributed by atoms with Gasteiger partial charge in [0.15, 0.2) is 5.65 Å². The van der Waals surface area contributed by atoms with Crippen molar-refractivity contribution in [3.63, 3.8) is 0 Å². The van der Waals surface area contributed by atoms with Crippen molar-refractivity contribution in [1.29, 1.82) is 0 Å². The number of hydrogen-bond acceptors (Lipinski definition) is 6. The molecular weight excluding hydrogens is 527 g/mol. The van der Waals surface area contributed by atoms with E-state index in [2.05, 4.69) is 23.3 Å². The fraction of sp³-hybridized carbons (Fsp3) is 0.400. The molecule has 0 radical (unpaired) electrons. The lowest BCUT2D eigenvalue weighted by atomic mass is 10.0. The molecule has 5 heterocycles. The standard InChI is InChI=1S/C30H31FN6O2S/c1-17-21-8-11-40-27(21)7-10-36(17)30(39)25-14-26(19-2-3-19)37-29(33-25)15-24(34-37)22-5-4-20(13-23(22)31)35-9-6-18(16-35)12-28(32)38/h4-5,8,11,13-15,17-19H,2-3,6-7,9-10,12,16H2,1H3,(H2,32,38)/t17-,18-/m1/s1. The number of carbonyl (C=O) groups is 2. The van der Waals surface area contributed by atoms with Gasteiger partial charge in [-0.1, -0.05) is 0 Å². The van der Waals surface area contributed by atoms with Crippen LogP contribution in [0, 0.1) is 11.7 Å².